The number of likely N-dealkylation sites (tertiary alicyclic amines) is 1. The molecule has 2 saturated heterocycles. The molecule has 2 aromatic heterocycles. The Bertz CT molecular complexity index is 1500. The second-order valence-corrected chi connectivity index (χ2v) is 14.1. The van der Waals surface area contributed by atoms with Crippen molar-refractivity contribution in [2.75, 3.05) is 50.7 Å². The predicted octanol–water partition coefficient (Wildman–Crippen LogP) is 4.71. The molecule has 3 atom stereocenters. The molecule has 236 valence electrons. The maximum Gasteiger partial charge on any atom is 0.219 e. The van der Waals surface area contributed by atoms with Gasteiger partial charge in [0, 0.05) is 81.8 Å². The molecule has 1 amide bonds. The number of hydrogen-bond acceptors (Lipinski definition) is 6. The molecular weight excluding hydrogens is 548 g/mol. The fraction of sp³-hybridized carbons (Fsp3) is 0.629. The van der Waals surface area contributed by atoms with Crippen molar-refractivity contribution >= 4 is 17.4 Å². The monoisotopic (exact) mass is 598 g/mol. The number of carbonyl (C=O) groups is 1. The average Bonchev–Trinajstić information content (AvgIpc) is 3.62. The van der Waals surface area contributed by atoms with Gasteiger partial charge < -0.3 is 20.0 Å². The molecule has 3 aromatic rings. The predicted molar refractivity (Wildman–Crippen MR) is 175 cm³/mol. The molecule has 1 aromatic carbocycles. The molecule has 9 nitrogen and oxygen atoms in total. The molecule has 6 heterocycles. The van der Waals surface area contributed by atoms with Crippen LogP contribution in [0.15, 0.2) is 24.5 Å². The van der Waals surface area contributed by atoms with Crippen LogP contribution in [-0.4, -0.2) is 81.1 Å². The van der Waals surface area contributed by atoms with Gasteiger partial charge in [-0.2, -0.15) is 10.2 Å². The smallest absolute Gasteiger partial charge is 0.219 e. The Morgan fingerprint density at radius 3 is 2.52 bits per heavy atom. The highest BCUT2D eigenvalue weighted by Gasteiger charge is 2.35. The summed E-state index contributed by atoms with van der Waals surface area (Å²) >= 11 is 0. The zero-order chi connectivity index (χ0) is 30.5. The van der Waals surface area contributed by atoms with Crippen LogP contribution in [0.2, 0.25) is 0 Å². The lowest BCUT2D eigenvalue weighted by Crippen LogP contribution is -2.47. The minimum absolute atomic E-state index is 0.153. The Labute approximate surface area is 262 Å². The van der Waals surface area contributed by atoms with Crippen LogP contribution < -0.4 is 10.2 Å². The van der Waals surface area contributed by atoms with Gasteiger partial charge in [-0.15, -0.1) is 0 Å². The summed E-state index contributed by atoms with van der Waals surface area (Å²) in [7, 11) is 1.97. The third kappa shape index (κ3) is 5.47. The number of benzene rings is 1. The molecule has 0 aliphatic carbocycles. The van der Waals surface area contributed by atoms with Gasteiger partial charge in [-0.3, -0.25) is 14.2 Å². The lowest BCUT2D eigenvalue weighted by molar-refractivity contribution is -0.129. The molecule has 9 heteroatoms. The number of piperidine rings is 2. The van der Waals surface area contributed by atoms with E-state index in [1.165, 1.54) is 45.7 Å². The molecular formula is C35H50N8O. The second-order valence-electron chi connectivity index (χ2n) is 14.1. The Hall–Kier alpha value is -3.17. The number of hydrogen-bond donors (Lipinski definition) is 1. The molecule has 0 radical (unpaired) electrons. The van der Waals surface area contributed by atoms with Gasteiger partial charge in [-0.1, -0.05) is 13.8 Å². The third-order valence-corrected chi connectivity index (χ3v) is 11.1. The van der Waals surface area contributed by atoms with E-state index in [4.69, 9.17) is 5.10 Å². The Morgan fingerprint density at radius 2 is 1.82 bits per heavy atom. The van der Waals surface area contributed by atoms with Crippen molar-refractivity contribution in [2.45, 2.75) is 72.4 Å². The van der Waals surface area contributed by atoms with Crippen LogP contribution in [0.5, 0.6) is 0 Å². The fourth-order valence-electron chi connectivity index (χ4n) is 8.45. The summed E-state index contributed by atoms with van der Waals surface area (Å²) in [6.07, 6.45) is 9.38. The van der Waals surface area contributed by atoms with Gasteiger partial charge in [0.15, 0.2) is 5.82 Å². The summed E-state index contributed by atoms with van der Waals surface area (Å²) in [5.74, 6) is 3.46. The van der Waals surface area contributed by atoms with E-state index in [1.807, 2.05) is 22.8 Å². The van der Waals surface area contributed by atoms with E-state index in [9.17, 15) is 4.79 Å². The number of aromatic nitrogens is 4. The van der Waals surface area contributed by atoms with Crippen LogP contribution in [0.1, 0.15) is 68.5 Å². The quantitative estimate of drug-likeness (QED) is 0.459. The van der Waals surface area contributed by atoms with Crippen LogP contribution in [0.4, 0.5) is 11.5 Å². The van der Waals surface area contributed by atoms with Crippen molar-refractivity contribution in [3.05, 3.63) is 46.9 Å². The molecule has 1 N–H and O–H groups in total. The van der Waals surface area contributed by atoms with E-state index in [2.05, 4.69) is 64.0 Å². The molecule has 0 spiro atoms. The fourth-order valence-corrected chi connectivity index (χ4v) is 8.45. The molecule has 4 aliphatic heterocycles. The Balaban J connectivity index is 1.17. The first kappa shape index (κ1) is 29.5. The highest BCUT2D eigenvalue weighted by molar-refractivity contribution is 5.77. The zero-order valence-corrected chi connectivity index (χ0v) is 27.3. The minimum Gasteiger partial charge on any atom is -0.338 e. The maximum absolute atomic E-state index is 12.5. The lowest BCUT2D eigenvalue weighted by atomic mass is 9.80. The average molecular weight is 599 g/mol. The van der Waals surface area contributed by atoms with Crippen molar-refractivity contribution < 1.29 is 4.79 Å². The molecule has 4 aliphatic rings. The number of nitrogens with one attached hydrogen (secondary N) is 1. The third-order valence-electron chi connectivity index (χ3n) is 11.1. The van der Waals surface area contributed by atoms with Crippen LogP contribution in [-0.2, 0) is 31.2 Å². The topological polar surface area (TPSA) is 74.5 Å². The van der Waals surface area contributed by atoms with Gasteiger partial charge >= 0.3 is 0 Å². The van der Waals surface area contributed by atoms with Crippen LogP contribution in [0, 0.1) is 24.7 Å². The van der Waals surface area contributed by atoms with E-state index in [1.54, 1.807) is 6.92 Å². The van der Waals surface area contributed by atoms with Crippen molar-refractivity contribution in [3.8, 4) is 11.1 Å². The summed E-state index contributed by atoms with van der Waals surface area (Å²) in [6, 6.07) is 5.15. The normalized spacial score (nSPS) is 24.8. The highest BCUT2D eigenvalue weighted by Crippen LogP contribution is 2.42. The van der Waals surface area contributed by atoms with E-state index in [0.717, 1.165) is 94.9 Å². The first-order valence-corrected chi connectivity index (χ1v) is 17.0. The van der Waals surface area contributed by atoms with Crippen LogP contribution in [0.25, 0.3) is 11.1 Å². The van der Waals surface area contributed by atoms with Gasteiger partial charge in [0.25, 0.3) is 0 Å². The standard InChI is InChI=1S/C35H50N8O/c1-23-15-34-27(16-30(23)28-19-37-39(5)20-28)7-6-11-42(34)35-32-22-41(26(4)44)14-10-33(32)43(38-35)29-8-12-40(13-9-29)21-31-24(2)17-36-18-25(31)3/h15-16,19-20,24-25,29,31,36H,6-14,17-18,21-22H2,1-5H3/t24-,25+,31?. The minimum atomic E-state index is 0.153. The number of anilines is 2. The number of fused-ring (bicyclic) bond motifs is 2. The number of carbonyl (C=O) groups excluding carboxylic acids is 1. The van der Waals surface area contributed by atoms with Crippen molar-refractivity contribution in [1.82, 2.24) is 34.7 Å². The SMILES string of the molecule is CC(=O)N1CCc2c(c(N3CCCc4cc(-c5cnn(C)c5)c(C)cc43)nn2C2CCN(CC3[C@H](C)CNC[C@@H]3C)CC2)C1. The maximum atomic E-state index is 12.5. The van der Waals surface area contributed by atoms with Gasteiger partial charge in [0.1, 0.15) is 0 Å². The van der Waals surface area contributed by atoms with Crippen molar-refractivity contribution in [3.63, 3.8) is 0 Å². The summed E-state index contributed by atoms with van der Waals surface area (Å²) in [5.41, 5.74) is 8.94. The van der Waals surface area contributed by atoms with Crippen molar-refractivity contribution in [1.29, 1.82) is 0 Å². The molecule has 7 rings (SSSR count). The first-order valence-electron chi connectivity index (χ1n) is 17.0. The summed E-state index contributed by atoms with van der Waals surface area (Å²) < 4.78 is 4.28. The first-order chi connectivity index (χ1) is 21.3. The van der Waals surface area contributed by atoms with Crippen molar-refractivity contribution in [2.24, 2.45) is 24.8 Å². The highest BCUT2D eigenvalue weighted by atomic mass is 16.2. The second kappa shape index (κ2) is 12.0. The number of rotatable bonds is 5. The van der Waals surface area contributed by atoms with Gasteiger partial charge in [0.05, 0.1) is 18.8 Å². The Morgan fingerprint density at radius 1 is 1.05 bits per heavy atom. The summed E-state index contributed by atoms with van der Waals surface area (Å²) in [6.45, 7) is 16.9. The Kier molecular flexibility index (Phi) is 8.04. The van der Waals surface area contributed by atoms with E-state index < -0.39 is 0 Å². The van der Waals surface area contributed by atoms with Gasteiger partial charge in [-0.25, -0.2) is 0 Å². The molecule has 44 heavy (non-hydrogen) atoms. The number of amides is 1. The van der Waals surface area contributed by atoms with E-state index >= 15 is 0 Å². The molecule has 0 saturated carbocycles. The van der Waals surface area contributed by atoms with Crippen LogP contribution in [0.3, 0.4) is 0 Å². The van der Waals surface area contributed by atoms with E-state index in [-0.39, 0.29) is 5.91 Å². The molecule has 0 bridgehead atoms. The van der Waals surface area contributed by atoms with Crippen LogP contribution >= 0.6 is 0 Å². The van der Waals surface area contributed by atoms with E-state index in [0.29, 0.717) is 12.6 Å². The van der Waals surface area contributed by atoms with Gasteiger partial charge in [-0.05, 0) is 92.3 Å². The summed E-state index contributed by atoms with van der Waals surface area (Å²) in [4.78, 5) is 19.7. The molecule has 1 unspecified atom stereocenters. The number of nitrogens with zero attached hydrogens (tertiary/aromatic N) is 7. The largest absolute Gasteiger partial charge is 0.338 e. The number of aryl methyl sites for hydroxylation is 3. The molecule has 2 fully saturated rings. The lowest BCUT2D eigenvalue weighted by Gasteiger charge is -2.41. The van der Waals surface area contributed by atoms with Gasteiger partial charge in [0.2, 0.25) is 5.91 Å². The zero-order valence-electron chi connectivity index (χ0n) is 27.3. The summed E-state index contributed by atoms with van der Waals surface area (Å²) in [5, 5.41) is 13.5.